The molecule has 0 fully saturated rings. The molecule has 0 N–H and O–H groups in total. The molecule has 3 heteroatoms. The quantitative estimate of drug-likeness (QED) is 0.683. The zero-order chi connectivity index (χ0) is 15.3. The summed E-state index contributed by atoms with van der Waals surface area (Å²) in [6.07, 6.45) is 2.86. The first-order valence-electron chi connectivity index (χ1n) is 7.22. The first kappa shape index (κ1) is 16.8. The molecule has 111 valence electrons. The van der Waals surface area contributed by atoms with E-state index in [2.05, 4.69) is 47.4 Å². The SMILES string of the molecule is C=Cc1ccc(OCCC)c(C(C)(C)C)c1O[Si](C)C. The summed E-state index contributed by atoms with van der Waals surface area (Å²) < 4.78 is 12.1. The van der Waals surface area contributed by atoms with Gasteiger partial charge in [-0.15, -0.1) is 0 Å². The Balaban J connectivity index is 3.44. The Bertz CT molecular complexity index is 459. The van der Waals surface area contributed by atoms with Crippen molar-refractivity contribution in [2.24, 2.45) is 0 Å². The predicted molar refractivity (Wildman–Crippen MR) is 89.1 cm³/mol. The van der Waals surface area contributed by atoms with Crippen molar-refractivity contribution in [3.05, 3.63) is 29.8 Å². The Labute approximate surface area is 125 Å². The van der Waals surface area contributed by atoms with Crippen LogP contribution in [0.1, 0.15) is 45.2 Å². The van der Waals surface area contributed by atoms with E-state index in [9.17, 15) is 0 Å². The monoisotopic (exact) mass is 291 g/mol. The molecular weight excluding hydrogens is 264 g/mol. The van der Waals surface area contributed by atoms with E-state index >= 15 is 0 Å². The summed E-state index contributed by atoms with van der Waals surface area (Å²) in [5.41, 5.74) is 2.16. The molecule has 0 saturated heterocycles. The lowest BCUT2D eigenvalue weighted by Gasteiger charge is -2.28. The van der Waals surface area contributed by atoms with Crippen LogP contribution >= 0.6 is 0 Å². The molecule has 0 aromatic heterocycles. The van der Waals surface area contributed by atoms with E-state index in [4.69, 9.17) is 9.16 Å². The van der Waals surface area contributed by atoms with Crippen LogP contribution in [-0.2, 0) is 5.41 Å². The molecule has 0 spiro atoms. The largest absolute Gasteiger partial charge is 0.542 e. The van der Waals surface area contributed by atoms with Crippen molar-refractivity contribution in [2.45, 2.75) is 52.6 Å². The fourth-order valence-corrected chi connectivity index (χ4v) is 2.73. The van der Waals surface area contributed by atoms with Crippen LogP contribution in [0.15, 0.2) is 18.7 Å². The Morgan fingerprint density at radius 1 is 1.25 bits per heavy atom. The van der Waals surface area contributed by atoms with Crippen molar-refractivity contribution in [2.75, 3.05) is 6.61 Å². The van der Waals surface area contributed by atoms with Gasteiger partial charge in [-0.25, -0.2) is 0 Å². The second-order valence-electron chi connectivity index (χ2n) is 6.17. The lowest BCUT2D eigenvalue weighted by Crippen LogP contribution is -2.20. The standard InChI is InChI=1S/C17H27O2Si/c1-8-12-18-14-11-10-13(9-2)16(19-20(6)7)15(14)17(3,4)5/h9-11H,2,8,12H2,1,3-7H3. The maximum Gasteiger partial charge on any atom is 0.274 e. The lowest BCUT2D eigenvalue weighted by molar-refractivity contribution is 0.306. The van der Waals surface area contributed by atoms with Gasteiger partial charge in [0.05, 0.1) is 6.61 Å². The second-order valence-corrected chi connectivity index (χ2v) is 8.19. The molecule has 0 atom stereocenters. The molecule has 2 nitrogen and oxygen atoms in total. The first-order valence-corrected chi connectivity index (χ1v) is 9.62. The number of benzene rings is 1. The van der Waals surface area contributed by atoms with Crippen molar-refractivity contribution in [3.8, 4) is 11.5 Å². The number of rotatable bonds is 6. The van der Waals surface area contributed by atoms with Crippen molar-refractivity contribution in [1.29, 1.82) is 0 Å². The maximum absolute atomic E-state index is 6.17. The van der Waals surface area contributed by atoms with Crippen LogP contribution < -0.4 is 9.16 Å². The van der Waals surface area contributed by atoms with Gasteiger partial charge in [0.15, 0.2) is 0 Å². The van der Waals surface area contributed by atoms with Crippen molar-refractivity contribution < 1.29 is 9.16 Å². The third-order valence-corrected chi connectivity index (χ3v) is 3.50. The van der Waals surface area contributed by atoms with Gasteiger partial charge in [-0.3, -0.25) is 0 Å². The molecule has 0 aliphatic rings. The summed E-state index contributed by atoms with van der Waals surface area (Å²) >= 11 is 0. The summed E-state index contributed by atoms with van der Waals surface area (Å²) in [5.74, 6) is 1.88. The zero-order valence-corrected chi connectivity index (χ0v) is 14.7. The Kier molecular flexibility index (Phi) is 5.87. The average Bonchev–Trinajstić information content (AvgIpc) is 2.34. The molecule has 0 aliphatic heterocycles. The van der Waals surface area contributed by atoms with E-state index in [-0.39, 0.29) is 5.41 Å². The Morgan fingerprint density at radius 3 is 2.35 bits per heavy atom. The molecule has 1 radical (unpaired) electrons. The van der Waals surface area contributed by atoms with Gasteiger partial charge in [0, 0.05) is 11.1 Å². The van der Waals surface area contributed by atoms with E-state index in [0.717, 1.165) is 35.7 Å². The fourth-order valence-electron chi connectivity index (χ4n) is 2.10. The van der Waals surface area contributed by atoms with Gasteiger partial charge in [-0.05, 0) is 37.1 Å². The predicted octanol–water partition coefficient (Wildman–Crippen LogP) is 5.05. The minimum absolute atomic E-state index is 0.0330. The number of hydrogen-bond acceptors (Lipinski definition) is 2. The van der Waals surface area contributed by atoms with Crippen LogP contribution in [0.4, 0.5) is 0 Å². The van der Waals surface area contributed by atoms with E-state index in [1.165, 1.54) is 0 Å². The topological polar surface area (TPSA) is 18.5 Å². The van der Waals surface area contributed by atoms with Crippen LogP contribution in [0.2, 0.25) is 13.1 Å². The van der Waals surface area contributed by atoms with Gasteiger partial charge in [-0.2, -0.15) is 0 Å². The van der Waals surface area contributed by atoms with Gasteiger partial charge in [0.25, 0.3) is 9.04 Å². The van der Waals surface area contributed by atoms with Crippen LogP contribution in [0, 0.1) is 0 Å². The minimum atomic E-state index is -0.840. The highest BCUT2D eigenvalue weighted by Crippen LogP contribution is 2.42. The van der Waals surface area contributed by atoms with Crippen LogP contribution in [0.25, 0.3) is 6.08 Å². The summed E-state index contributed by atoms with van der Waals surface area (Å²) in [5, 5.41) is 0. The van der Waals surface area contributed by atoms with E-state index < -0.39 is 9.04 Å². The highest BCUT2D eigenvalue weighted by Gasteiger charge is 2.26. The molecule has 0 aliphatic carbocycles. The summed E-state index contributed by atoms with van der Waals surface area (Å²) in [6.45, 7) is 17.6. The molecular formula is C17H27O2Si. The Morgan fingerprint density at radius 2 is 1.90 bits per heavy atom. The average molecular weight is 291 g/mol. The smallest absolute Gasteiger partial charge is 0.274 e. The molecule has 1 aromatic rings. The molecule has 1 aromatic carbocycles. The lowest BCUT2D eigenvalue weighted by atomic mass is 9.84. The highest BCUT2D eigenvalue weighted by molar-refractivity contribution is 6.49. The first-order chi connectivity index (χ1) is 9.31. The van der Waals surface area contributed by atoms with E-state index in [0.29, 0.717) is 0 Å². The minimum Gasteiger partial charge on any atom is -0.542 e. The zero-order valence-electron chi connectivity index (χ0n) is 13.7. The molecule has 0 unspecified atom stereocenters. The maximum atomic E-state index is 6.17. The molecule has 0 saturated carbocycles. The number of ether oxygens (including phenoxy) is 1. The van der Waals surface area contributed by atoms with Gasteiger partial charge in [-0.1, -0.05) is 40.3 Å². The summed E-state index contributed by atoms with van der Waals surface area (Å²) in [7, 11) is -0.840. The van der Waals surface area contributed by atoms with Crippen LogP contribution in [0.5, 0.6) is 11.5 Å². The Hall–Kier alpha value is -1.22. The fraction of sp³-hybridized carbons (Fsp3) is 0.529. The van der Waals surface area contributed by atoms with Crippen molar-refractivity contribution in [3.63, 3.8) is 0 Å². The van der Waals surface area contributed by atoms with Gasteiger partial charge < -0.3 is 9.16 Å². The van der Waals surface area contributed by atoms with Gasteiger partial charge in [0.2, 0.25) is 0 Å². The van der Waals surface area contributed by atoms with E-state index in [1.54, 1.807) is 0 Å². The van der Waals surface area contributed by atoms with Crippen molar-refractivity contribution >= 4 is 15.1 Å². The molecule has 0 amide bonds. The normalized spacial score (nSPS) is 11.6. The van der Waals surface area contributed by atoms with Gasteiger partial charge in [0.1, 0.15) is 11.5 Å². The van der Waals surface area contributed by atoms with Crippen LogP contribution in [-0.4, -0.2) is 15.6 Å². The number of hydrogen-bond donors (Lipinski definition) is 0. The third-order valence-electron chi connectivity index (χ3n) is 2.89. The van der Waals surface area contributed by atoms with Crippen molar-refractivity contribution in [1.82, 2.24) is 0 Å². The highest BCUT2D eigenvalue weighted by atomic mass is 28.3. The molecule has 0 heterocycles. The summed E-state index contributed by atoms with van der Waals surface area (Å²) in [6, 6.07) is 4.07. The molecule has 0 bridgehead atoms. The van der Waals surface area contributed by atoms with Crippen LogP contribution in [0.3, 0.4) is 0 Å². The summed E-state index contributed by atoms with van der Waals surface area (Å²) in [4.78, 5) is 0. The molecule has 20 heavy (non-hydrogen) atoms. The third kappa shape index (κ3) is 4.14. The second kappa shape index (κ2) is 6.98. The molecule has 1 rings (SSSR count). The van der Waals surface area contributed by atoms with E-state index in [1.807, 2.05) is 18.2 Å². The van der Waals surface area contributed by atoms with Gasteiger partial charge >= 0.3 is 0 Å².